The van der Waals surface area contributed by atoms with E-state index in [1.165, 1.54) is 0 Å². The second kappa shape index (κ2) is 7.21. The van der Waals surface area contributed by atoms with Gasteiger partial charge in [-0.05, 0) is 24.5 Å². The third-order valence-corrected chi connectivity index (χ3v) is 5.01. The fourth-order valence-electron chi connectivity index (χ4n) is 3.32. The first-order valence-corrected chi connectivity index (χ1v) is 8.56. The smallest absolute Gasteiger partial charge is 0.324 e. The molecule has 3 rings (SSSR count). The summed E-state index contributed by atoms with van der Waals surface area (Å²) >= 11 is 6.04. The van der Waals surface area contributed by atoms with E-state index < -0.39 is 6.03 Å². The van der Waals surface area contributed by atoms with E-state index in [0.717, 1.165) is 36.1 Å². The summed E-state index contributed by atoms with van der Waals surface area (Å²) in [5.74, 6) is -0.822. The molecule has 128 valence electrons. The molecule has 1 saturated carbocycles. The topological polar surface area (TPSA) is 78.5 Å². The monoisotopic (exact) mass is 349 g/mol. The molecule has 1 aliphatic heterocycles. The normalized spacial score (nSPS) is 23.5. The standard InChI is InChI=1S/C17H20ClN3O3/c18-13-7-3-1-5-11(13)9-19-15(22)10-21-16(23)12-6-2-4-8-14(12)20-17(21)24/h1,3,5,7,12,14H,2,4,6,8-10H2,(H,19,22)(H,20,24). The van der Waals surface area contributed by atoms with Crippen molar-refractivity contribution in [3.63, 3.8) is 0 Å². The second-order valence-electron chi connectivity index (χ2n) is 6.24. The van der Waals surface area contributed by atoms with E-state index in [9.17, 15) is 14.4 Å². The van der Waals surface area contributed by atoms with Crippen LogP contribution in [0.5, 0.6) is 0 Å². The molecule has 1 saturated heterocycles. The van der Waals surface area contributed by atoms with Gasteiger partial charge in [-0.25, -0.2) is 4.79 Å². The molecule has 2 atom stereocenters. The van der Waals surface area contributed by atoms with Gasteiger partial charge in [0.15, 0.2) is 0 Å². The Labute approximate surface area is 145 Å². The van der Waals surface area contributed by atoms with Crippen LogP contribution in [0.1, 0.15) is 31.2 Å². The van der Waals surface area contributed by atoms with Crippen molar-refractivity contribution < 1.29 is 14.4 Å². The van der Waals surface area contributed by atoms with Gasteiger partial charge in [0, 0.05) is 17.6 Å². The van der Waals surface area contributed by atoms with Gasteiger partial charge in [-0.3, -0.25) is 14.5 Å². The minimum atomic E-state index is -0.476. The van der Waals surface area contributed by atoms with Gasteiger partial charge in [0.05, 0.1) is 5.92 Å². The number of hydrogen-bond acceptors (Lipinski definition) is 3. The first kappa shape index (κ1) is 16.8. The number of hydrogen-bond donors (Lipinski definition) is 2. The first-order valence-electron chi connectivity index (χ1n) is 8.18. The number of imide groups is 1. The van der Waals surface area contributed by atoms with Gasteiger partial charge in [0.1, 0.15) is 6.54 Å². The number of urea groups is 1. The van der Waals surface area contributed by atoms with Crippen molar-refractivity contribution in [2.45, 2.75) is 38.3 Å². The van der Waals surface area contributed by atoms with E-state index in [1.807, 2.05) is 18.2 Å². The lowest BCUT2D eigenvalue weighted by Crippen LogP contribution is -2.62. The lowest BCUT2D eigenvalue weighted by Gasteiger charge is -2.39. The highest BCUT2D eigenvalue weighted by molar-refractivity contribution is 6.31. The lowest BCUT2D eigenvalue weighted by molar-refractivity contribution is -0.139. The van der Waals surface area contributed by atoms with Crippen LogP contribution in [0, 0.1) is 5.92 Å². The van der Waals surface area contributed by atoms with Crippen molar-refractivity contribution in [3.05, 3.63) is 34.9 Å². The molecule has 1 heterocycles. The molecule has 2 N–H and O–H groups in total. The third-order valence-electron chi connectivity index (χ3n) is 4.64. The molecule has 0 spiro atoms. The number of carbonyl (C=O) groups excluding carboxylic acids is 3. The molecule has 2 unspecified atom stereocenters. The molecule has 0 bridgehead atoms. The summed E-state index contributed by atoms with van der Waals surface area (Å²) in [4.78, 5) is 37.8. The molecule has 1 aliphatic carbocycles. The van der Waals surface area contributed by atoms with Crippen molar-refractivity contribution in [2.24, 2.45) is 5.92 Å². The van der Waals surface area contributed by atoms with Crippen LogP contribution in [-0.2, 0) is 16.1 Å². The summed E-state index contributed by atoms with van der Waals surface area (Å²) in [6, 6.07) is 6.64. The molecule has 6 nitrogen and oxygen atoms in total. The molecule has 4 amide bonds. The zero-order chi connectivity index (χ0) is 17.1. The Morgan fingerprint density at radius 2 is 2.00 bits per heavy atom. The van der Waals surface area contributed by atoms with Crippen LogP contribution < -0.4 is 10.6 Å². The maximum Gasteiger partial charge on any atom is 0.324 e. The maximum atomic E-state index is 12.5. The zero-order valence-corrected chi connectivity index (χ0v) is 14.0. The van der Waals surface area contributed by atoms with Crippen molar-refractivity contribution in [1.82, 2.24) is 15.5 Å². The highest BCUT2D eigenvalue weighted by Crippen LogP contribution is 2.29. The molecule has 1 aromatic carbocycles. The van der Waals surface area contributed by atoms with E-state index in [1.54, 1.807) is 6.07 Å². The molecule has 0 aromatic heterocycles. The highest BCUT2D eigenvalue weighted by Gasteiger charge is 2.42. The first-order chi connectivity index (χ1) is 11.6. The Bertz CT molecular complexity index is 664. The second-order valence-corrected chi connectivity index (χ2v) is 6.65. The predicted molar refractivity (Wildman–Crippen MR) is 89.3 cm³/mol. The Morgan fingerprint density at radius 3 is 2.79 bits per heavy atom. The van der Waals surface area contributed by atoms with Crippen molar-refractivity contribution in [3.8, 4) is 0 Å². The SMILES string of the molecule is O=C(CN1C(=O)NC2CCCCC2C1=O)NCc1ccccc1Cl. The third kappa shape index (κ3) is 3.53. The number of nitrogens with one attached hydrogen (secondary N) is 2. The average molecular weight is 350 g/mol. The van der Waals surface area contributed by atoms with Crippen molar-refractivity contribution in [1.29, 1.82) is 0 Å². The largest absolute Gasteiger partial charge is 0.350 e. The number of nitrogens with zero attached hydrogens (tertiary/aromatic N) is 1. The molecular weight excluding hydrogens is 330 g/mol. The molecule has 1 aromatic rings. The van der Waals surface area contributed by atoms with Gasteiger partial charge in [0.2, 0.25) is 11.8 Å². The fourth-order valence-corrected chi connectivity index (χ4v) is 3.52. The summed E-state index contributed by atoms with van der Waals surface area (Å²) in [5, 5.41) is 6.12. The van der Waals surface area contributed by atoms with Crippen LogP contribution >= 0.6 is 11.6 Å². The Balaban J connectivity index is 1.58. The van der Waals surface area contributed by atoms with Gasteiger partial charge >= 0.3 is 6.03 Å². The summed E-state index contributed by atoms with van der Waals surface area (Å²) < 4.78 is 0. The summed E-state index contributed by atoms with van der Waals surface area (Å²) in [6.07, 6.45) is 3.60. The summed E-state index contributed by atoms with van der Waals surface area (Å²) in [5.41, 5.74) is 0.786. The van der Waals surface area contributed by atoms with Gasteiger partial charge in [0.25, 0.3) is 0 Å². The lowest BCUT2D eigenvalue weighted by atomic mass is 9.82. The van der Waals surface area contributed by atoms with Crippen molar-refractivity contribution >= 4 is 29.4 Å². The number of amides is 4. The van der Waals surface area contributed by atoms with Gasteiger partial charge in [-0.1, -0.05) is 42.6 Å². The molecule has 2 aliphatic rings. The van der Waals surface area contributed by atoms with Gasteiger partial charge < -0.3 is 10.6 Å². The van der Waals surface area contributed by atoms with Crippen LogP contribution in [0.4, 0.5) is 4.79 Å². The Kier molecular flexibility index (Phi) is 5.04. The molecule has 24 heavy (non-hydrogen) atoms. The minimum absolute atomic E-state index is 0.0822. The quantitative estimate of drug-likeness (QED) is 0.873. The molecule has 2 fully saturated rings. The number of carbonyl (C=O) groups is 3. The number of halogens is 1. The number of rotatable bonds is 4. The van der Waals surface area contributed by atoms with Crippen LogP contribution in [0.25, 0.3) is 0 Å². The summed E-state index contributed by atoms with van der Waals surface area (Å²) in [6.45, 7) is -0.00739. The molecular formula is C17H20ClN3O3. The van der Waals surface area contributed by atoms with Gasteiger partial charge in [-0.2, -0.15) is 0 Å². The Morgan fingerprint density at radius 1 is 1.25 bits per heavy atom. The van der Waals surface area contributed by atoms with E-state index in [4.69, 9.17) is 11.6 Å². The highest BCUT2D eigenvalue weighted by atomic mass is 35.5. The van der Waals surface area contributed by atoms with E-state index in [-0.39, 0.29) is 36.9 Å². The van der Waals surface area contributed by atoms with Crippen molar-refractivity contribution in [2.75, 3.05) is 6.54 Å². The molecule has 7 heteroatoms. The van der Waals surface area contributed by atoms with Crippen LogP contribution in [0.2, 0.25) is 5.02 Å². The summed E-state index contributed by atoms with van der Waals surface area (Å²) in [7, 11) is 0. The van der Waals surface area contributed by atoms with Gasteiger partial charge in [-0.15, -0.1) is 0 Å². The minimum Gasteiger partial charge on any atom is -0.350 e. The fraction of sp³-hybridized carbons (Fsp3) is 0.471. The van der Waals surface area contributed by atoms with E-state index in [2.05, 4.69) is 10.6 Å². The average Bonchev–Trinajstić information content (AvgIpc) is 2.58. The zero-order valence-electron chi connectivity index (χ0n) is 13.3. The number of benzene rings is 1. The molecule has 0 radical (unpaired) electrons. The predicted octanol–water partition coefficient (Wildman–Crippen LogP) is 2.07. The number of fused-ring (bicyclic) bond motifs is 1. The Hall–Kier alpha value is -2.08. The van der Waals surface area contributed by atoms with E-state index >= 15 is 0 Å². The van der Waals surface area contributed by atoms with E-state index in [0.29, 0.717) is 5.02 Å². The maximum absolute atomic E-state index is 12.5. The van der Waals surface area contributed by atoms with Crippen LogP contribution in [0.3, 0.4) is 0 Å². The van der Waals surface area contributed by atoms with Crippen LogP contribution in [-0.4, -0.2) is 35.3 Å². The van der Waals surface area contributed by atoms with Crippen LogP contribution in [0.15, 0.2) is 24.3 Å².